The molecule has 0 aliphatic carbocycles. The molecule has 3 aromatic carbocycles. The third-order valence-corrected chi connectivity index (χ3v) is 5.20. The Balaban J connectivity index is 1.48. The fourth-order valence-corrected chi connectivity index (χ4v) is 3.54. The second-order valence-corrected chi connectivity index (χ2v) is 7.57. The van der Waals surface area contributed by atoms with E-state index in [1.165, 1.54) is 4.90 Å². The zero-order valence-corrected chi connectivity index (χ0v) is 17.0. The first-order valence-corrected chi connectivity index (χ1v) is 9.77. The first-order valence-electron chi connectivity index (χ1n) is 8.98. The van der Waals surface area contributed by atoms with Crippen molar-refractivity contribution in [2.75, 3.05) is 11.9 Å². The summed E-state index contributed by atoms with van der Waals surface area (Å²) >= 11 is 3.41. The normalized spacial score (nSPS) is 11.2. The van der Waals surface area contributed by atoms with Crippen LogP contribution in [0.4, 0.5) is 6.01 Å². The highest BCUT2D eigenvalue weighted by atomic mass is 79.9. The zero-order valence-electron chi connectivity index (χ0n) is 15.4. The van der Waals surface area contributed by atoms with Gasteiger partial charge in [-0.05, 0) is 36.4 Å². The number of imidazole rings is 1. The predicted molar refractivity (Wildman–Crippen MR) is 116 cm³/mol. The molecule has 0 atom stereocenters. The van der Waals surface area contributed by atoms with Crippen molar-refractivity contribution in [2.45, 2.75) is 0 Å². The zero-order chi connectivity index (χ0) is 20.0. The van der Waals surface area contributed by atoms with Crippen LogP contribution in [0.25, 0.3) is 33.5 Å². The van der Waals surface area contributed by atoms with Crippen molar-refractivity contribution in [3.05, 3.63) is 76.8 Å². The van der Waals surface area contributed by atoms with Gasteiger partial charge in [0.2, 0.25) is 0 Å². The number of oxazole rings is 1. The third-order valence-electron chi connectivity index (χ3n) is 4.71. The summed E-state index contributed by atoms with van der Waals surface area (Å²) < 4.78 is 6.63. The molecule has 0 saturated heterocycles. The topological polar surface area (TPSA) is 75.0 Å². The van der Waals surface area contributed by atoms with Crippen LogP contribution in [0.5, 0.6) is 0 Å². The molecule has 0 bridgehead atoms. The largest absolute Gasteiger partial charge is 0.423 e. The van der Waals surface area contributed by atoms with Crippen LogP contribution in [0.1, 0.15) is 10.4 Å². The number of aromatic amines is 1. The van der Waals surface area contributed by atoms with Gasteiger partial charge in [-0.3, -0.25) is 9.69 Å². The number of aromatic nitrogens is 3. The van der Waals surface area contributed by atoms with Crippen LogP contribution in [-0.4, -0.2) is 27.9 Å². The molecule has 29 heavy (non-hydrogen) atoms. The van der Waals surface area contributed by atoms with Crippen LogP contribution in [0.15, 0.2) is 75.6 Å². The molecule has 1 N–H and O–H groups in total. The van der Waals surface area contributed by atoms with E-state index in [4.69, 9.17) is 4.42 Å². The monoisotopic (exact) mass is 446 g/mol. The van der Waals surface area contributed by atoms with Crippen LogP contribution in [0.3, 0.4) is 0 Å². The predicted octanol–water partition coefficient (Wildman–Crippen LogP) is 5.41. The minimum absolute atomic E-state index is 0.214. The van der Waals surface area contributed by atoms with Crippen molar-refractivity contribution in [3.63, 3.8) is 0 Å². The van der Waals surface area contributed by atoms with Crippen LogP contribution in [0, 0.1) is 0 Å². The van der Waals surface area contributed by atoms with E-state index in [9.17, 15) is 4.79 Å². The first-order chi connectivity index (χ1) is 14.1. The van der Waals surface area contributed by atoms with Crippen molar-refractivity contribution in [1.29, 1.82) is 0 Å². The molecule has 0 radical (unpaired) electrons. The Morgan fingerprint density at radius 3 is 2.66 bits per heavy atom. The number of rotatable bonds is 3. The Bertz CT molecular complexity index is 1360. The lowest BCUT2D eigenvalue weighted by Crippen LogP contribution is -2.26. The van der Waals surface area contributed by atoms with Gasteiger partial charge in [0.25, 0.3) is 5.91 Å². The van der Waals surface area contributed by atoms with Crippen LogP contribution in [-0.2, 0) is 0 Å². The van der Waals surface area contributed by atoms with Crippen molar-refractivity contribution in [2.24, 2.45) is 0 Å². The van der Waals surface area contributed by atoms with E-state index in [0.29, 0.717) is 16.7 Å². The van der Waals surface area contributed by atoms with E-state index >= 15 is 0 Å². The number of H-pyrrole nitrogens is 1. The molecule has 2 aromatic heterocycles. The second-order valence-electron chi connectivity index (χ2n) is 6.66. The van der Waals surface area contributed by atoms with Crippen LogP contribution < -0.4 is 4.90 Å². The van der Waals surface area contributed by atoms with Gasteiger partial charge in [-0.1, -0.05) is 46.3 Å². The SMILES string of the molecule is CN(C(=O)c1ccc2nc(-c3ccccc3)[nH]c2c1)c1nc2cc(Br)ccc2o1. The Morgan fingerprint density at radius 2 is 1.83 bits per heavy atom. The van der Waals surface area contributed by atoms with E-state index in [0.717, 1.165) is 26.9 Å². The lowest BCUT2D eigenvalue weighted by atomic mass is 10.2. The highest BCUT2D eigenvalue weighted by Crippen LogP contribution is 2.26. The Labute approximate surface area is 174 Å². The number of carbonyl (C=O) groups excluding carboxylic acids is 1. The molecular formula is C22H15BrN4O2. The summed E-state index contributed by atoms with van der Waals surface area (Å²) in [6.45, 7) is 0. The number of nitrogens with zero attached hydrogens (tertiary/aromatic N) is 3. The lowest BCUT2D eigenvalue weighted by Gasteiger charge is -2.12. The Kier molecular flexibility index (Phi) is 4.17. The fourth-order valence-electron chi connectivity index (χ4n) is 3.19. The molecule has 0 fully saturated rings. The highest BCUT2D eigenvalue weighted by molar-refractivity contribution is 9.10. The van der Waals surface area contributed by atoms with Gasteiger partial charge in [0, 0.05) is 22.6 Å². The number of amides is 1. The molecule has 5 rings (SSSR count). The Hall–Kier alpha value is -3.45. The summed E-state index contributed by atoms with van der Waals surface area (Å²) in [7, 11) is 1.65. The number of hydrogen-bond donors (Lipinski definition) is 1. The number of anilines is 1. The second kappa shape index (κ2) is 6.86. The number of hydrogen-bond acceptors (Lipinski definition) is 4. The molecule has 2 heterocycles. The van der Waals surface area contributed by atoms with Gasteiger partial charge < -0.3 is 9.40 Å². The minimum atomic E-state index is -0.214. The van der Waals surface area contributed by atoms with E-state index < -0.39 is 0 Å². The van der Waals surface area contributed by atoms with Gasteiger partial charge in [0.1, 0.15) is 11.3 Å². The molecule has 0 aliphatic heterocycles. The summed E-state index contributed by atoms with van der Waals surface area (Å²) in [6, 6.07) is 21.0. The van der Waals surface area contributed by atoms with Gasteiger partial charge >= 0.3 is 6.01 Å². The first kappa shape index (κ1) is 17.6. The van der Waals surface area contributed by atoms with Gasteiger partial charge in [-0.2, -0.15) is 4.98 Å². The van der Waals surface area contributed by atoms with E-state index in [1.54, 1.807) is 19.2 Å². The van der Waals surface area contributed by atoms with E-state index in [2.05, 4.69) is 30.9 Å². The molecule has 0 spiro atoms. The van der Waals surface area contributed by atoms with Crippen LogP contribution in [0.2, 0.25) is 0 Å². The average molecular weight is 447 g/mol. The summed E-state index contributed by atoms with van der Waals surface area (Å²) in [4.78, 5) is 26.7. The number of nitrogens with one attached hydrogen (secondary N) is 1. The van der Waals surface area contributed by atoms with Gasteiger partial charge in [-0.25, -0.2) is 4.98 Å². The molecule has 1 amide bonds. The van der Waals surface area contributed by atoms with E-state index in [-0.39, 0.29) is 11.9 Å². The molecular weight excluding hydrogens is 432 g/mol. The number of carbonyl (C=O) groups is 1. The van der Waals surface area contributed by atoms with Gasteiger partial charge in [0.15, 0.2) is 5.58 Å². The molecule has 6 nitrogen and oxygen atoms in total. The van der Waals surface area contributed by atoms with Crippen LogP contribution >= 0.6 is 15.9 Å². The average Bonchev–Trinajstić information content (AvgIpc) is 3.36. The highest BCUT2D eigenvalue weighted by Gasteiger charge is 2.20. The fraction of sp³-hybridized carbons (Fsp3) is 0.0455. The van der Waals surface area contributed by atoms with Crippen molar-refractivity contribution in [3.8, 4) is 11.4 Å². The van der Waals surface area contributed by atoms with Crippen molar-refractivity contribution >= 4 is 50.0 Å². The molecule has 142 valence electrons. The Morgan fingerprint density at radius 1 is 1.00 bits per heavy atom. The summed E-state index contributed by atoms with van der Waals surface area (Å²) in [5, 5.41) is 0. The molecule has 0 saturated carbocycles. The van der Waals surface area contributed by atoms with Gasteiger partial charge in [0.05, 0.1) is 11.0 Å². The summed E-state index contributed by atoms with van der Waals surface area (Å²) in [5.41, 5.74) is 4.42. The molecule has 0 aliphatic rings. The van der Waals surface area contributed by atoms with Gasteiger partial charge in [-0.15, -0.1) is 0 Å². The van der Waals surface area contributed by atoms with E-state index in [1.807, 2.05) is 54.6 Å². The maximum Gasteiger partial charge on any atom is 0.305 e. The standard InChI is InChI=1S/C22H15BrN4O2/c1-27(22-26-18-12-15(23)8-10-19(18)29-22)21(28)14-7-9-16-17(11-14)25-20(24-16)13-5-3-2-4-6-13/h2-12H,1H3,(H,24,25). The maximum absolute atomic E-state index is 13.0. The number of benzene rings is 3. The third kappa shape index (κ3) is 3.19. The minimum Gasteiger partial charge on any atom is -0.423 e. The molecule has 7 heteroatoms. The smallest absolute Gasteiger partial charge is 0.305 e. The molecule has 0 unspecified atom stereocenters. The summed E-state index contributed by atoms with van der Waals surface area (Å²) in [6.07, 6.45) is 0. The van der Waals surface area contributed by atoms with Crippen molar-refractivity contribution < 1.29 is 9.21 Å². The quantitative estimate of drug-likeness (QED) is 0.401. The van der Waals surface area contributed by atoms with Crippen molar-refractivity contribution in [1.82, 2.24) is 15.0 Å². The summed E-state index contributed by atoms with van der Waals surface area (Å²) in [5.74, 6) is 0.552. The number of halogens is 1. The molecule has 5 aromatic rings. The maximum atomic E-state index is 13.0. The lowest BCUT2D eigenvalue weighted by molar-refractivity contribution is 0.0988. The number of fused-ring (bicyclic) bond motifs is 2.